The molecule has 2 aliphatic heterocycles. The van der Waals surface area contributed by atoms with Gasteiger partial charge in [0.2, 0.25) is 0 Å². The third-order valence-electron chi connectivity index (χ3n) is 10.5. The minimum absolute atomic E-state index is 0.266. The van der Waals surface area contributed by atoms with Gasteiger partial charge in [-0.25, -0.2) is 0 Å². The summed E-state index contributed by atoms with van der Waals surface area (Å²) in [5.41, 5.74) is 13.8. The monoisotopic (exact) mass is 794 g/mol. The van der Waals surface area contributed by atoms with Crippen LogP contribution in [0.3, 0.4) is 0 Å². The molecule has 2 saturated heterocycles. The largest absolute Gasteiger partial charge is 0.367 e. The number of hydrogen-bond donors (Lipinski definition) is 0. The number of ether oxygens (including phenoxy) is 2. The highest BCUT2D eigenvalue weighted by Crippen LogP contribution is 2.64. The van der Waals surface area contributed by atoms with E-state index >= 15 is 0 Å². The van der Waals surface area contributed by atoms with Gasteiger partial charge in [0, 0.05) is 30.1 Å². The first-order chi connectivity index (χ1) is 25.2. The topological polar surface area (TPSA) is 21.8 Å². The van der Waals surface area contributed by atoms with Crippen molar-refractivity contribution in [3.63, 3.8) is 0 Å². The Balaban J connectivity index is 1.10. The predicted molar refractivity (Wildman–Crippen MR) is 216 cm³/mol. The Kier molecular flexibility index (Phi) is 7.79. The fourth-order valence-electron chi connectivity index (χ4n) is 8.24. The number of fused-ring (bicyclic) bond motifs is 7. The first-order valence-electron chi connectivity index (χ1n) is 16.7. The summed E-state index contributed by atoms with van der Waals surface area (Å²) in [6.45, 7) is 0.358. The second-order valence-corrected chi connectivity index (χ2v) is 16.2. The lowest BCUT2D eigenvalue weighted by molar-refractivity contribution is 0.00851. The molecule has 0 aromatic heterocycles. The summed E-state index contributed by atoms with van der Waals surface area (Å²) in [6.07, 6.45) is 3.66. The van der Waals surface area contributed by atoms with Crippen LogP contribution in [-0.2, 0) is 15.1 Å². The van der Waals surface area contributed by atoms with Gasteiger partial charge in [-0.05, 0) is 163 Å². The summed E-state index contributed by atoms with van der Waals surface area (Å²) >= 11 is 39.5. The van der Waals surface area contributed by atoms with Gasteiger partial charge in [-0.15, -0.1) is 0 Å². The maximum absolute atomic E-state index is 6.95. The summed E-state index contributed by atoms with van der Waals surface area (Å²) in [7, 11) is 0. The lowest BCUT2D eigenvalue weighted by atomic mass is 9.86. The van der Waals surface area contributed by atoms with E-state index in [4.69, 9.17) is 79.1 Å². The zero-order chi connectivity index (χ0) is 35.5. The first kappa shape index (κ1) is 33.1. The number of halogens is 6. The van der Waals surface area contributed by atoms with Crippen LogP contribution in [-0.4, -0.2) is 12.7 Å². The second-order valence-electron chi connectivity index (χ2n) is 13.6. The predicted octanol–water partition coefficient (Wildman–Crippen LogP) is 14.1. The van der Waals surface area contributed by atoms with Crippen LogP contribution in [0.5, 0.6) is 0 Å². The van der Waals surface area contributed by atoms with Crippen LogP contribution in [0, 0.1) is 0 Å². The number of epoxide rings is 1. The van der Waals surface area contributed by atoms with E-state index < -0.39 is 5.60 Å². The highest BCUT2D eigenvalue weighted by molar-refractivity contribution is 6.33. The molecule has 6 aromatic rings. The fourth-order valence-corrected chi connectivity index (χ4v) is 9.28. The van der Waals surface area contributed by atoms with E-state index in [0.29, 0.717) is 36.7 Å². The number of hydrogen-bond acceptors (Lipinski definition) is 2. The molecule has 0 saturated carbocycles. The molecule has 0 spiro atoms. The van der Waals surface area contributed by atoms with Crippen LogP contribution < -0.4 is 0 Å². The molecule has 254 valence electrons. The molecular weight excluding hydrogens is 773 g/mol. The quantitative estimate of drug-likeness (QED) is 0.166. The van der Waals surface area contributed by atoms with Crippen molar-refractivity contribution >= 4 is 92.9 Å². The molecule has 3 atom stereocenters. The van der Waals surface area contributed by atoms with E-state index in [1.807, 2.05) is 97.1 Å². The Morgan fingerprint density at radius 1 is 0.481 bits per heavy atom. The van der Waals surface area contributed by atoms with Crippen LogP contribution in [0.1, 0.15) is 50.6 Å². The van der Waals surface area contributed by atoms with Gasteiger partial charge in [-0.2, -0.15) is 0 Å². The molecule has 0 N–H and O–H groups in total. The summed E-state index contributed by atoms with van der Waals surface area (Å²) in [6, 6.07) is 35.7. The third kappa shape index (κ3) is 5.23. The minimum atomic E-state index is -0.703. The van der Waals surface area contributed by atoms with Gasteiger partial charge in [0.25, 0.3) is 0 Å². The standard InChI is InChI=1S/C44H24Cl6O2/c45-24-5-1-22(2-6-24)13-32-34-15-26(47)9-11-30(34)40-36(32)17-28(49)19-38(40)42-43-44(52-43,21-51-42)39-20-29(50)18-37-33(14-23-3-7-25(46)8-4-23)35-16-27(48)10-12-31(35)41(37)39/h1-20,42-43H,21H2/b32-13-,33-14-. The summed E-state index contributed by atoms with van der Waals surface area (Å²) < 4.78 is 13.5. The van der Waals surface area contributed by atoms with E-state index in [2.05, 4.69) is 24.3 Å². The van der Waals surface area contributed by atoms with Gasteiger partial charge >= 0.3 is 0 Å². The Morgan fingerprint density at radius 2 is 0.962 bits per heavy atom. The van der Waals surface area contributed by atoms with Crippen LogP contribution >= 0.6 is 69.6 Å². The highest BCUT2D eigenvalue weighted by atomic mass is 35.5. The average molecular weight is 797 g/mol. The molecule has 2 nitrogen and oxygen atoms in total. The minimum Gasteiger partial charge on any atom is -0.367 e. The van der Waals surface area contributed by atoms with E-state index in [0.717, 1.165) is 77.9 Å². The SMILES string of the molecule is Clc1ccc(/C=C2/c3cc(Cl)ccc3-c3c2cc(Cl)cc3C2OCC3(c4cc(Cl)cc5c4-c4ccc(Cl)cc4/C5=C/c4ccc(Cl)cc4)OC23)cc1. The van der Waals surface area contributed by atoms with Crippen molar-refractivity contribution in [2.24, 2.45) is 0 Å². The maximum atomic E-state index is 6.95. The molecule has 2 aliphatic carbocycles. The Hall–Kier alpha value is -3.54. The Labute approximate surface area is 330 Å². The lowest BCUT2D eigenvalue weighted by Crippen LogP contribution is -2.14. The van der Waals surface area contributed by atoms with Crippen molar-refractivity contribution in [1.82, 2.24) is 0 Å². The zero-order valence-electron chi connectivity index (χ0n) is 27.0. The fraction of sp³-hybridized carbons (Fsp3) is 0.0909. The normalized spacial score (nSPS) is 22.0. The van der Waals surface area contributed by atoms with Crippen molar-refractivity contribution in [3.8, 4) is 22.3 Å². The number of rotatable bonds is 4. The van der Waals surface area contributed by atoms with Gasteiger partial charge < -0.3 is 9.47 Å². The molecular formula is C44H24Cl6O2. The van der Waals surface area contributed by atoms with Crippen molar-refractivity contribution in [1.29, 1.82) is 0 Å². The molecule has 52 heavy (non-hydrogen) atoms. The van der Waals surface area contributed by atoms with E-state index in [-0.39, 0.29) is 12.2 Å². The van der Waals surface area contributed by atoms with Gasteiger partial charge in [0.1, 0.15) is 17.8 Å². The molecule has 2 fully saturated rings. The van der Waals surface area contributed by atoms with Crippen LogP contribution in [0.25, 0.3) is 45.6 Å². The average Bonchev–Trinajstić information content (AvgIpc) is 3.47. The van der Waals surface area contributed by atoms with E-state index in [9.17, 15) is 0 Å². The third-order valence-corrected chi connectivity index (χ3v) is 11.9. The van der Waals surface area contributed by atoms with Gasteiger partial charge in [0.15, 0.2) is 0 Å². The zero-order valence-corrected chi connectivity index (χ0v) is 31.5. The molecule has 4 aliphatic rings. The van der Waals surface area contributed by atoms with Crippen molar-refractivity contribution < 1.29 is 9.47 Å². The van der Waals surface area contributed by atoms with Gasteiger partial charge in [0.05, 0.1) is 6.61 Å². The van der Waals surface area contributed by atoms with E-state index in [1.54, 1.807) is 0 Å². The molecule has 0 amide bonds. The molecule has 0 bridgehead atoms. The first-order valence-corrected chi connectivity index (χ1v) is 19.0. The second kappa shape index (κ2) is 12.2. The van der Waals surface area contributed by atoms with Gasteiger partial charge in [-0.3, -0.25) is 0 Å². The van der Waals surface area contributed by atoms with Crippen LogP contribution in [0.2, 0.25) is 30.1 Å². The van der Waals surface area contributed by atoms with Crippen LogP contribution in [0.4, 0.5) is 0 Å². The molecule has 6 aromatic carbocycles. The van der Waals surface area contributed by atoms with Crippen molar-refractivity contribution in [3.05, 3.63) is 184 Å². The summed E-state index contributed by atoms with van der Waals surface area (Å²) in [5, 5.41) is 3.91. The molecule has 3 unspecified atom stereocenters. The highest BCUT2D eigenvalue weighted by Gasteiger charge is 2.68. The Bertz CT molecular complexity index is 2570. The smallest absolute Gasteiger partial charge is 0.147 e. The Morgan fingerprint density at radius 3 is 1.52 bits per heavy atom. The summed E-state index contributed by atoms with van der Waals surface area (Å²) in [4.78, 5) is 0. The molecule has 8 heteroatoms. The van der Waals surface area contributed by atoms with Crippen molar-refractivity contribution in [2.45, 2.75) is 17.8 Å². The van der Waals surface area contributed by atoms with Gasteiger partial charge in [-0.1, -0.05) is 106 Å². The molecule has 0 radical (unpaired) electrons. The lowest BCUT2D eigenvalue weighted by Gasteiger charge is -2.18. The molecule has 2 heterocycles. The van der Waals surface area contributed by atoms with Crippen LogP contribution in [0.15, 0.2) is 109 Å². The molecule has 10 rings (SSSR count). The number of benzene rings is 6. The van der Waals surface area contributed by atoms with E-state index in [1.165, 1.54) is 0 Å². The van der Waals surface area contributed by atoms with Crippen molar-refractivity contribution in [2.75, 3.05) is 6.61 Å². The summed E-state index contributed by atoms with van der Waals surface area (Å²) in [5.74, 6) is 0. The maximum Gasteiger partial charge on any atom is 0.147 e.